The van der Waals surface area contributed by atoms with E-state index in [9.17, 15) is 0 Å². The van der Waals surface area contributed by atoms with Crippen molar-refractivity contribution in [3.63, 3.8) is 0 Å². The van der Waals surface area contributed by atoms with Crippen LogP contribution in [-0.4, -0.2) is 0 Å². The molecule has 0 aliphatic carbocycles. The predicted molar refractivity (Wildman–Crippen MR) is 56.1 cm³/mol. The van der Waals surface area contributed by atoms with Gasteiger partial charge >= 0.3 is 0 Å². The van der Waals surface area contributed by atoms with Crippen LogP contribution in [0.15, 0.2) is 12.1 Å². The van der Waals surface area contributed by atoms with Crippen molar-refractivity contribution in [2.45, 2.75) is 32.9 Å². The normalized spacial score (nSPS) is 15.1. The van der Waals surface area contributed by atoms with Gasteiger partial charge in [0.15, 0.2) is 0 Å². The van der Waals surface area contributed by atoms with E-state index in [1.165, 1.54) is 16.7 Å². The van der Waals surface area contributed by atoms with E-state index < -0.39 is 0 Å². The summed E-state index contributed by atoms with van der Waals surface area (Å²) in [5, 5.41) is 4.24. The maximum Gasteiger partial charge on any atom is 0.0444 e. The van der Waals surface area contributed by atoms with Crippen molar-refractivity contribution >= 4 is 11.6 Å². The number of fused-ring (bicyclic) bond motifs is 1. The molecule has 0 spiro atoms. The number of hydrogen-bond donors (Lipinski definition) is 1. The van der Waals surface area contributed by atoms with E-state index in [1.807, 2.05) is 0 Å². The fraction of sp³-hybridized carbons (Fsp3) is 0.455. The summed E-state index contributed by atoms with van der Waals surface area (Å²) in [7, 11) is 0. The van der Waals surface area contributed by atoms with Crippen molar-refractivity contribution in [3.05, 3.63) is 33.8 Å². The first-order chi connectivity index (χ1) is 6.18. The summed E-state index contributed by atoms with van der Waals surface area (Å²) in [6.45, 7) is 6.31. The lowest BCUT2D eigenvalue weighted by Gasteiger charge is -2.10. The van der Waals surface area contributed by atoms with Crippen molar-refractivity contribution in [2.24, 2.45) is 0 Å². The second-order valence-electron chi connectivity index (χ2n) is 3.90. The van der Waals surface area contributed by atoms with Crippen LogP contribution in [-0.2, 0) is 13.1 Å². The molecule has 0 saturated carbocycles. The molecule has 0 saturated heterocycles. The molecule has 1 aromatic carbocycles. The average molecular weight is 196 g/mol. The smallest absolute Gasteiger partial charge is 0.0444 e. The molecule has 0 unspecified atom stereocenters. The standard InChI is InChI=1S/C11H14ClN/c1-7(2)10-3-8-5-13-6-9(8)4-11(10)12/h3-4,7,13H,5-6H2,1-2H3. The molecule has 0 fully saturated rings. The third-order valence-corrected chi connectivity index (χ3v) is 2.90. The summed E-state index contributed by atoms with van der Waals surface area (Å²) >= 11 is 6.18. The fourth-order valence-electron chi connectivity index (χ4n) is 1.78. The van der Waals surface area contributed by atoms with Crippen LogP contribution in [0.1, 0.15) is 36.5 Å². The molecular weight excluding hydrogens is 182 g/mol. The van der Waals surface area contributed by atoms with Crippen molar-refractivity contribution in [3.8, 4) is 0 Å². The molecule has 1 nitrogen and oxygen atoms in total. The van der Waals surface area contributed by atoms with Gasteiger partial charge in [-0.3, -0.25) is 0 Å². The average Bonchev–Trinajstić information content (AvgIpc) is 2.48. The van der Waals surface area contributed by atoms with Crippen molar-refractivity contribution < 1.29 is 0 Å². The third kappa shape index (κ3) is 1.59. The van der Waals surface area contributed by atoms with Gasteiger partial charge in [-0.15, -0.1) is 0 Å². The largest absolute Gasteiger partial charge is 0.309 e. The van der Waals surface area contributed by atoms with Gasteiger partial charge in [0.2, 0.25) is 0 Å². The topological polar surface area (TPSA) is 12.0 Å². The van der Waals surface area contributed by atoms with Crippen LogP contribution in [0.2, 0.25) is 5.02 Å². The van der Waals surface area contributed by atoms with Gasteiger partial charge in [0.25, 0.3) is 0 Å². The van der Waals surface area contributed by atoms with Gasteiger partial charge in [0.1, 0.15) is 0 Å². The Hall–Kier alpha value is -0.530. The first-order valence-corrected chi connectivity index (χ1v) is 5.08. The zero-order valence-corrected chi connectivity index (χ0v) is 8.78. The van der Waals surface area contributed by atoms with Crippen LogP contribution >= 0.6 is 11.6 Å². The van der Waals surface area contributed by atoms with E-state index in [0.717, 1.165) is 18.1 Å². The molecule has 2 rings (SSSR count). The summed E-state index contributed by atoms with van der Waals surface area (Å²) in [5.74, 6) is 0.512. The summed E-state index contributed by atoms with van der Waals surface area (Å²) in [6, 6.07) is 4.34. The van der Waals surface area contributed by atoms with Crippen molar-refractivity contribution in [1.82, 2.24) is 5.32 Å². The zero-order valence-electron chi connectivity index (χ0n) is 8.02. The number of nitrogens with one attached hydrogen (secondary N) is 1. The van der Waals surface area contributed by atoms with Crippen molar-refractivity contribution in [2.75, 3.05) is 0 Å². The van der Waals surface area contributed by atoms with Crippen molar-refractivity contribution in [1.29, 1.82) is 0 Å². The Balaban J connectivity index is 2.49. The first-order valence-electron chi connectivity index (χ1n) is 4.70. The minimum atomic E-state index is 0.512. The Morgan fingerprint density at radius 2 is 1.85 bits per heavy atom. The highest BCUT2D eigenvalue weighted by atomic mass is 35.5. The van der Waals surface area contributed by atoms with E-state index in [4.69, 9.17) is 11.6 Å². The lowest BCUT2D eigenvalue weighted by atomic mass is 9.98. The lowest BCUT2D eigenvalue weighted by Crippen LogP contribution is -1.99. The summed E-state index contributed by atoms with van der Waals surface area (Å²) in [4.78, 5) is 0. The SMILES string of the molecule is CC(C)c1cc2c(cc1Cl)CNC2. The number of hydrogen-bond acceptors (Lipinski definition) is 1. The molecule has 0 aromatic heterocycles. The highest BCUT2D eigenvalue weighted by Crippen LogP contribution is 2.29. The molecule has 0 amide bonds. The molecule has 0 bridgehead atoms. The highest BCUT2D eigenvalue weighted by molar-refractivity contribution is 6.31. The number of benzene rings is 1. The Kier molecular flexibility index (Phi) is 2.31. The first kappa shape index (κ1) is 9.04. The quantitative estimate of drug-likeness (QED) is 0.727. The summed E-state index contributed by atoms with van der Waals surface area (Å²) in [6.07, 6.45) is 0. The molecule has 1 aliphatic rings. The molecule has 1 aromatic rings. The van der Waals surface area contributed by atoms with Crippen LogP contribution < -0.4 is 5.32 Å². The molecule has 1 aliphatic heterocycles. The zero-order chi connectivity index (χ0) is 9.42. The summed E-state index contributed by atoms with van der Waals surface area (Å²) < 4.78 is 0. The molecule has 70 valence electrons. The van der Waals surface area contributed by atoms with Gasteiger partial charge in [-0.05, 0) is 28.7 Å². The van der Waals surface area contributed by atoms with E-state index in [0.29, 0.717) is 5.92 Å². The highest BCUT2D eigenvalue weighted by Gasteiger charge is 2.14. The molecule has 13 heavy (non-hydrogen) atoms. The van der Waals surface area contributed by atoms with E-state index >= 15 is 0 Å². The molecule has 1 heterocycles. The Morgan fingerprint density at radius 3 is 2.46 bits per heavy atom. The van der Waals surface area contributed by atoms with Gasteiger partial charge in [-0.2, -0.15) is 0 Å². The van der Waals surface area contributed by atoms with Crippen LogP contribution in [0.25, 0.3) is 0 Å². The van der Waals surface area contributed by atoms with Gasteiger partial charge in [-0.25, -0.2) is 0 Å². The summed E-state index contributed by atoms with van der Waals surface area (Å²) in [5.41, 5.74) is 4.03. The predicted octanol–water partition coefficient (Wildman–Crippen LogP) is 3.07. The second kappa shape index (κ2) is 3.32. The maximum absolute atomic E-state index is 6.18. The fourth-order valence-corrected chi connectivity index (χ4v) is 2.19. The third-order valence-electron chi connectivity index (χ3n) is 2.57. The monoisotopic (exact) mass is 195 g/mol. The van der Waals surface area contributed by atoms with Crippen LogP contribution in [0.3, 0.4) is 0 Å². The molecular formula is C11H14ClN. The second-order valence-corrected chi connectivity index (χ2v) is 4.31. The molecule has 2 heteroatoms. The maximum atomic E-state index is 6.18. The van der Waals surface area contributed by atoms with Gasteiger partial charge in [0, 0.05) is 18.1 Å². The molecule has 1 N–H and O–H groups in total. The van der Waals surface area contributed by atoms with Gasteiger partial charge < -0.3 is 5.32 Å². The number of rotatable bonds is 1. The molecule has 0 radical (unpaired) electrons. The van der Waals surface area contributed by atoms with E-state index in [1.54, 1.807) is 0 Å². The lowest BCUT2D eigenvalue weighted by molar-refractivity contribution is 0.764. The number of halogens is 1. The van der Waals surface area contributed by atoms with E-state index in [-0.39, 0.29) is 0 Å². The Labute approximate surface area is 84.1 Å². The van der Waals surface area contributed by atoms with Crippen LogP contribution in [0, 0.1) is 0 Å². The van der Waals surface area contributed by atoms with E-state index in [2.05, 4.69) is 31.3 Å². The van der Waals surface area contributed by atoms with Crippen LogP contribution in [0.5, 0.6) is 0 Å². The Bertz CT molecular complexity index is 331. The van der Waals surface area contributed by atoms with Gasteiger partial charge in [0.05, 0.1) is 0 Å². The minimum absolute atomic E-state index is 0.512. The molecule has 0 atom stereocenters. The minimum Gasteiger partial charge on any atom is -0.309 e. The van der Waals surface area contributed by atoms with Crippen LogP contribution in [0.4, 0.5) is 0 Å². The van der Waals surface area contributed by atoms with Gasteiger partial charge in [-0.1, -0.05) is 31.5 Å². The Morgan fingerprint density at radius 1 is 1.23 bits per heavy atom.